The summed E-state index contributed by atoms with van der Waals surface area (Å²) in [5.74, 6) is 0. The van der Waals surface area contributed by atoms with Crippen LogP contribution < -0.4 is 0 Å². The molecule has 118 valence electrons. The van der Waals surface area contributed by atoms with Crippen LogP contribution in [0.2, 0.25) is 0 Å². The van der Waals surface area contributed by atoms with E-state index in [-0.39, 0.29) is 5.41 Å². The number of allylic oxidation sites excluding steroid dienone is 4. The van der Waals surface area contributed by atoms with Gasteiger partial charge in [0.1, 0.15) is 0 Å². The van der Waals surface area contributed by atoms with Gasteiger partial charge in [-0.3, -0.25) is 0 Å². The highest BCUT2D eigenvalue weighted by Gasteiger charge is 2.34. The number of hydrogen-bond acceptors (Lipinski definition) is 0. The summed E-state index contributed by atoms with van der Waals surface area (Å²) in [4.78, 5) is 0. The largest absolute Gasteiger partial charge is 0.0845 e. The van der Waals surface area contributed by atoms with Gasteiger partial charge in [0.25, 0.3) is 0 Å². The molecule has 0 radical (unpaired) electrons. The zero-order chi connectivity index (χ0) is 16.6. The lowest BCUT2D eigenvalue weighted by atomic mass is 9.80. The van der Waals surface area contributed by atoms with Gasteiger partial charge < -0.3 is 0 Å². The topological polar surface area (TPSA) is 0 Å². The van der Waals surface area contributed by atoms with Crippen LogP contribution in [0, 0.1) is 3.57 Å². The summed E-state index contributed by atoms with van der Waals surface area (Å²) in [7, 11) is 0. The molecule has 0 aromatic heterocycles. The molecule has 3 rings (SSSR count). The van der Waals surface area contributed by atoms with Gasteiger partial charge in [-0.05, 0) is 87.5 Å². The van der Waals surface area contributed by atoms with Crippen molar-refractivity contribution < 1.29 is 0 Å². The molecule has 1 heteroatoms. The predicted octanol–water partition coefficient (Wildman–Crippen LogP) is 6.99. The van der Waals surface area contributed by atoms with Gasteiger partial charge in [-0.25, -0.2) is 0 Å². The predicted molar refractivity (Wildman–Crippen MR) is 110 cm³/mol. The van der Waals surface area contributed by atoms with Crippen LogP contribution in [0.5, 0.6) is 0 Å². The standard InChI is InChI=1S/C22H23I/c1-5-6-7-20-15(2)19-13-10-17(14-21(19)22(20,3)4)16-8-11-18(23)12-9-16/h6-14H,5H2,1-4H3/b7-6-. The Bertz CT molecular complexity index is 789. The second-order valence-electron chi connectivity index (χ2n) is 6.74. The summed E-state index contributed by atoms with van der Waals surface area (Å²) in [5.41, 5.74) is 8.39. The first-order chi connectivity index (χ1) is 10.9. The van der Waals surface area contributed by atoms with Crippen LogP contribution in [0.1, 0.15) is 45.2 Å². The number of fused-ring (bicyclic) bond motifs is 1. The maximum atomic E-state index is 2.38. The molecule has 2 aromatic carbocycles. The summed E-state index contributed by atoms with van der Waals surface area (Å²) in [5, 5.41) is 0. The average Bonchev–Trinajstić information content (AvgIpc) is 2.73. The Kier molecular flexibility index (Phi) is 4.50. The molecule has 0 saturated heterocycles. The molecular weight excluding hydrogens is 391 g/mol. The second kappa shape index (κ2) is 6.27. The van der Waals surface area contributed by atoms with E-state index in [1.165, 1.54) is 37.0 Å². The molecule has 0 nitrogen and oxygen atoms in total. The first-order valence-corrected chi connectivity index (χ1v) is 9.31. The molecule has 0 fully saturated rings. The van der Waals surface area contributed by atoms with Crippen LogP contribution in [-0.4, -0.2) is 0 Å². The lowest BCUT2D eigenvalue weighted by Crippen LogP contribution is -2.16. The molecule has 0 saturated carbocycles. The van der Waals surface area contributed by atoms with Crippen molar-refractivity contribution in [2.75, 3.05) is 0 Å². The second-order valence-corrected chi connectivity index (χ2v) is 7.99. The summed E-state index contributed by atoms with van der Waals surface area (Å²) < 4.78 is 1.28. The quantitative estimate of drug-likeness (QED) is 0.475. The van der Waals surface area contributed by atoms with E-state index >= 15 is 0 Å². The minimum Gasteiger partial charge on any atom is -0.0845 e. The molecule has 0 unspecified atom stereocenters. The van der Waals surface area contributed by atoms with Crippen molar-refractivity contribution >= 4 is 28.2 Å². The maximum Gasteiger partial charge on any atom is 0.0155 e. The smallest absolute Gasteiger partial charge is 0.0155 e. The van der Waals surface area contributed by atoms with E-state index in [0.29, 0.717) is 0 Å². The van der Waals surface area contributed by atoms with Gasteiger partial charge >= 0.3 is 0 Å². The van der Waals surface area contributed by atoms with Gasteiger partial charge in [-0.1, -0.05) is 57.2 Å². The first kappa shape index (κ1) is 16.5. The van der Waals surface area contributed by atoms with Crippen molar-refractivity contribution in [2.45, 2.75) is 39.5 Å². The van der Waals surface area contributed by atoms with Crippen LogP contribution in [0.3, 0.4) is 0 Å². The van der Waals surface area contributed by atoms with E-state index in [0.717, 1.165) is 6.42 Å². The highest BCUT2D eigenvalue weighted by atomic mass is 127. The zero-order valence-electron chi connectivity index (χ0n) is 14.3. The fourth-order valence-electron chi connectivity index (χ4n) is 3.54. The number of benzene rings is 2. The Morgan fingerprint density at radius 1 is 1.00 bits per heavy atom. The van der Waals surface area contributed by atoms with Crippen molar-refractivity contribution in [3.63, 3.8) is 0 Å². The van der Waals surface area contributed by atoms with Gasteiger partial charge in [-0.15, -0.1) is 0 Å². The Morgan fingerprint density at radius 2 is 1.65 bits per heavy atom. The Labute approximate surface area is 153 Å². The van der Waals surface area contributed by atoms with Gasteiger partial charge in [0.15, 0.2) is 0 Å². The molecule has 0 amide bonds. The average molecular weight is 414 g/mol. The van der Waals surface area contributed by atoms with E-state index in [9.17, 15) is 0 Å². The molecule has 0 spiro atoms. The van der Waals surface area contributed by atoms with Gasteiger partial charge in [-0.2, -0.15) is 0 Å². The lowest BCUT2D eigenvalue weighted by molar-refractivity contribution is 0.654. The van der Waals surface area contributed by atoms with Crippen molar-refractivity contribution in [1.82, 2.24) is 0 Å². The van der Waals surface area contributed by atoms with Crippen molar-refractivity contribution in [1.29, 1.82) is 0 Å². The Hall–Kier alpha value is -1.35. The maximum absolute atomic E-state index is 2.38. The number of halogens is 1. The van der Waals surface area contributed by atoms with Gasteiger partial charge in [0.05, 0.1) is 0 Å². The third kappa shape index (κ3) is 2.91. The molecular formula is C22H23I. The van der Waals surface area contributed by atoms with Gasteiger partial charge in [0, 0.05) is 8.99 Å². The third-order valence-electron chi connectivity index (χ3n) is 4.87. The molecule has 0 atom stereocenters. The van der Waals surface area contributed by atoms with E-state index in [2.05, 4.69) is 105 Å². The number of hydrogen-bond donors (Lipinski definition) is 0. The van der Waals surface area contributed by atoms with E-state index in [1.807, 2.05) is 0 Å². The molecule has 23 heavy (non-hydrogen) atoms. The fourth-order valence-corrected chi connectivity index (χ4v) is 3.90. The Morgan fingerprint density at radius 3 is 2.30 bits per heavy atom. The van der Waals surface area contributed by atoms with Crippen LogP contribution in [0.4, 0.5) is 0 Å². The SMILES string of the molecule is CC/C=C\C1=C(C)c2ccc(-c3ccc(I)cc3)cc2C1(C)C. The molecule has 0 N–H and O–H groups in total. The molecule has 1 aliphatic rings. The molecule has 2 aromatic rings. The Balaban J connectivity index is 2.08. The van der Waals surface area contributed by atoms with Crippen molar-refractivity contribution in [3.05, 3.63) is 74.9 Å². The normalized spacial score (nSPS) is 16.2. The minimum atomic E-state index is 0.0737. The van der Waals surface area contributed by atoms with Crippen LogP contribution in [-0.2, 0) is 5.41 Å². The lowest BCUT2D eigenvalue weighted by Gasteiger charge is -2.23. The highest BCUT2D eigenvalue weighted by molar-refractivity contribution is 14.1. The van der Waals surface area contributed by atoms with E-state index in [4.69, 9.17) is 0 Å². The van der Waals surface area contributed by atoms with Crippen LogP contribution in [0.25, 0.3) is 16.7 Å². The summed E-state index contributed by atoms with van der Waals surface area (Å²) in [6, 6.07) is 15.7. The fraction of sp³-hybridized carbons (Fsp3) is 0.273. The van der Waals surface area contributed by atoms with E-state index < -0.39 is 0 Å². The summed E-state index contributed by atoms with van der Waals surface area (Å²) >= 11 is 2.35. The zero-order valence-corrected chi connectivity index (χ0v) is 16.4. The van der Waals surface area contributed by atoms with E-state index in [1.54, 1.807) is 0 Å². The minimum absolute atomic E-state index is 0.0737. The third-order valence-corrected chi connectivity index (χ3v) is 5.59. The molecule has 0 aliphatic heterocycles. The first-order valence-electron chi connectivity index (χ1n) is 8.24. The van der Waals surface area contributed by atoms with Crippen molar-refractivity contribution in [2.24, 2.45) is 0 Å². The van der Waals surface area contributed by atoms with Crippen LogP contribution in [0.15, 0.2) is 60.2 Å². The summed E-state index contributed by atoms with van der Waals surface area (Å²) in [6.45, 7) is 9.13. The van der Waals surface area contributed by atoms with Crippen molar-refractivity contribution in [3.8, 4) is 11.1 Å². The van der Waals surface area contributed by atoms with Crippen LogP contribution >= 0.6 is 22.6 Å². The molecule has 1 aliphatic carbocycles. The molecule has 0 heterocycles. The summed E-state index contributed by atoms with van der Waals surface area (Å²) in [6.07, 6.45) is 5.67. The highest BCUT2D eigenvalue weighted by Crippen LogP contribution is 2.47. The molecule has 0 bridgehead atoms. The number of rotatable bonds is 3. The van der Waals surface area contributed by atoms with Gasteiger partial charge in [0.2, 0.25) is 0 Å². The monoisotopic (exact) mass is 414 g/mol.